The summed E-state index contributed by atoms with van der Waals surface area (Å²) in [6.45, 7) is 4.02. The molecule has 9 heteroatoms. The van der Waals surface area contributed by atoms with E-state index in [0.717, 1.165) is 37.1 Å². The predicted molar refractivity (Wildman–Crippen MR) is 120 cm³/mol. The van der Waals surface area contributed by atoms with Crippen LogP contribution in [0.4, 0.5) is 5.82 Å². The maximum atomic E-state index is 6.45. The summed E-state index contributed by atoms with van der Waals surface area (Å²) in [5, 5.41) is 16.2. The largest absolute Gasteiger partial charge is 0.383 e. The van der Waals surface area contributed by atoms with E-state index in [2.05, 4.69) is 31.9 Å². The SMILES string of the molecule is Cc1ccc(-n2nnnc2-c2cc(-c3cc4c(s3)CCNCC4)cnc2N)c(Cl)c1. The summed E-state index contributed by atoms with van der Waals surface area (Å²) in [7, 11) is 0. The molecule has 0 aliphatic carbocycles. The lowest BCUT2D eigenvalue weighted by molar-refractivity contribution is 0.712. The molecule has 0 bridgehead atoms. The van der Waals surface area contributed by atoms with E-state index in [4.69, 9.17) is 17.3 Å². The molecule has 152 valence electrons. The van der Waals surface area contributed by atoms with Gasteiger partial charge in [0.05, 0.1) is 16.3 Å². The minimum Gasteiger partial charge on any atom is -0.383 e. The smallest absolute Gasteiger partial charge is 0.190 e. The van der Waals surface area contributed by atoms with Crippen molar-refractivity contribution < 1.29 is 0 Å². The molecular weight excluding hydrogens is 418 g/mol. The predicted octanol–water partition coefficient (Wildman–Crippen LogP) is 3.69. The number of hydrogen-bond acceptors (Lipinski definition) is 7. The third kappa shape index (κ3) is 3.47. The number of nitrogens with one attached hydrogen (secondary N) is 1. The van der Waals surface area contributed by atoms with Crippen molar-refractivity contribution in [3.8, 4) is 27.5 Å². The van der Waals surface area contributed by atoms with Gasteiger partial charge in [-0.15, -0.1) is 16.4 Å². The second-order valence-corrected chi connectivity index (χ2v) is 8.88. The van der Waals surface area contributed by atoms with Crippen LogP contribution in [-0.4, -0.2) is 38.3 Å². The number of aromatic nitrogens is 5. The van der Waals surface area contributed by atoms with Gasteiger partial charge < -0.3 is 11.1 Å². The normalized spacial score (nSPS) is 13.8. The Labute approximate surface area is 182 Å². The van der Waals surface area contributed by atoms with E-state index in [1.54, 1.807) is 4.68 Å². The van der Waals surface area contributed by atoms with Gasteiger partial charge in [-0.3, -0.25) is 0 Å². The van der Waals surface area contributed by atoms with Gasteiger partial charge >= 0.3 is 0 Å². The number of anilines is 1. The van der Waals surface area contributed by atoms with Crippen LogP contribution in [0.2, 0.25) is 5.02 Å². The molecule has 4 aromatic rings. The van der Waals surface area contributed by atoms with E-state index in [1.165, 1.54) is 15.3 Å². The Balaban J connectivity index is 1.58. The molecule has 0 fully saturated rings. The fourth-order valence-corrected chi connectivity index (χ4v) is 5.18. The number of pyridine rings is 1. The van der Waals surface area contributed by atoms with Gasteiger partial charge in [-0.1, -0.05) is 17.7 Å². The van der Waals surface area contributed by atoms with Gasteiger partial charge in [-0.25, -0.2) is 4.98 Å². The lowest BCUT2D eigenvalue weighted by Gasteiger charge is -2.10. The van der Waals surface area contributed by atoms with E-state index in [0.29, 0.717) is 27.9 Å². The Hall–Kier alpha value is -2.81. The van der Waals surface area contributed by atoms with E-state index in [9.17, 15) is 0 Å². The van der Waals surface area contributed by atoms with Gasteiger partial charge in [0.2, 0.25) is 0 Å². The number of hydrogen-bond donors (Lipinski definition) is 2. The highest BCUT2D eigenvalue weighted by molar-refractivity contribution is 7.15. The molecule has 5 rings (SSSR count). The van der Waals surface area contributed by atoms with Gasteiger partial charge in [-0.2, -0.15) is 4.68 Å². The molecule has 0 saturated heterocycles. The molecule has 4 heterocycles. The molecule has 3 N–H and O–H groups in total. The molecule has 0 amide bonds. The maximum Gasteiger partial charge on any atom is 0.190 e. The summed E-state index contributed by atoms with van der Waals surface area (Å²) in [5.74, 6) is 0.885. The third-order valence-corrected chi connectivity index (χ3v) is 6.83. The molecule has 0 saturated carbocycles. The van der Waals surface area contributed by atoms with Crippen molar-refractivity contribution in [3.05, 3.63) is 57.6 Å². The Bertz CT molecular complexity index is 1210. The Morgan fingerprint density at radius 2 is 2.03 bits per heavy atom. The number of nitrogens with zero attached hydrogens (tertiary/aromatic N) is 5. The monoisotopic (exact) mass is 437 g/mol. The number of tetrazole rings is 1. The number of halogens is 1. The van der Waals surface area contributed by atoms with Crippen LogP contribution in [0.3, 0.4) is 0 Å². The highest BCUT2D eigenvalue weighted by atomic mass is 35.5. The van der Waals surface area contributed by atoms with E-state index < -0.39 is 0 Å². The molecule has 0 radical (unpaired) electrons. The summed E-state index contributed by atoms with van der Waals surface area (Å²) in [5.41, 5.74) is 11.1. The van der Waals surface area contributed by atoms with Crippen molar-refractivity contribution in [2.24, 2.45) is 0 Å². The van der Waals surface area contributed by atoms with Gasteiger partial charge in [-0.05, 0) is 78.7 Å². The molecule has 30 heavy (non-hydrogen) atoms. The number of benzene rings is 1. The Kier molecular flexibility index (Phi) is 4.98. The van der Waals surface area contributed by atoms with Crippen LogP contribution in [0.5, 0.6) is 0 Å². The first-order valence-corrected chi connectivity index (χ1v) is 10.9. The zero-order valence-electron chi connectivity index (χ0n) is 16.4. The molecule has 1 aromatic carbocycles. The van der Waals surface area contributed by atoms with Crippen LogP contribution in [0.1, 0.15) is 16.0 Å². The van der Waals surface area contributed by atoms with Crippen molar-refractivity contribution >= 4 is 28.8 Å². The molecule has 1 aliphatic heterocycles. The van der Waals surface area contributed by atoms with Crippen LogP contribution < -0.4 is 11.1 Å². The average molecular weight is 438 g/mol. The van der Waals surface area contributed by atoms with E-state index >= 15 is 0 Å². The molecule has 1 aliphatic rings. The molecule has 7 nitrogen and oxygen atoms in total. The molecule has 3 aromatic heterocycles. The first-order valence-electron chi connectivity index (χ1n) is 9.73. The van der Waals surface area contributed by atoms with Crippen LogP contribution in [0.25, 0.3) is 27.5 Å². The summed E-state index contributed by atoms with van der Waals surface area (Å²) >= 11 is 8.27. The number of rotatable bonds is 3. The second kappa shape index (κ2) is 7.79. The summed E-state index contributed by atoms with van der Waals surface area (Å²) in [6.07, 6.45) is 3.92. The number of aryl methyl sites for hydroxylation is 1. The highest BCUT2D eigenvalue weighted by Gasteiger charge is 2.19. The zero-order chi connectivity index (χ0) is 20.7. The summed E-state index contributed by atoms with van der Waals surface area (Å²) in [4.78, 5) is 7.06. The molecular formula is C21H20ClN7S. The number of nitrogen functional groups attached to an aromatic ring is 1. The van der Waals surface area contributed by atoms with Crippen molar-refractivity contribution in [2.75, 3.05) is 18.8 Å². The van der Waals surface area contributed by atoms with Gasteiger partial charge in [0.15, 0.2) is 5.82 Å². The first-order chi connectivity index (χ1) is 14.6. The molecule has 0 atom stereocenters. The summed E-state index contributed by atoms with van der Waals surface area (Å²) < 4.78 is 1.61. The van der Waals surface area contributed by atoms with Crippen molar-refractivity contribution in [1.82, 2.24) is 30.5 Å². The fourth-order valence-electron chi connectivity index (χ4n) is 3.67. The highest BCUT2D eigenvalue weighted by Crippen LogP contribution is 2.36. The van der Waals surface area contributed by atoms with Crippen LogP contribution in [-0.2, 0) is 12.8 Å². The van der Waals surface area contributed by atoms with Gasteiger partial charge in [0, 0.05) is 21.5 Å². The lowest BCUT2D eigenvalue weighted by Crippen LogP contribution is -2.16. The lowest BCUT2D eigenvalue weighted by atomic mass is 10.1. The van der Waals surface area contributed by atoms with Gasteiger partial charge in [0.1, 0.15) is 5.82 Å². The maximum absolute atomic E-state index is 6.45. The fraction of sp³-hybridized carbons (Fsp3) is 0.238. The van der Waals surface area contributed by atoms with Crippen molar-refractivity contribution in [2.45, 2.75) is 19.8 Å². The minimum atomic E-state index is 0.375. The topological polar surface area (TPSA) is 94.5 Å². The second-order valence-electron chi connectivity index (χ2n) is 7.34. The van der Waals surface area contributed by atoms with E-state index in [-0.39, 0.29) is 0 Å². The van der Waals surface area contributed by atoms with Gasteiger partial charge in [0.25, 0.3) is 0 Å². The number of fused-ring (bicyclic) bond motifs is 1. The van der Waals surface area contributed by atoms with Crippen LogP contribution >= 0.6 is 22.9 Å². The molecule has 0 unspecified atom stereocenters. The quantitative estimate of drug-likeness (QED) is 0.507. The first kappa shape index (κ1) is 19.2. The standard InChI is InChI=1S/C21H20ClN7S/c1-12-2-3-17(16(22)8-12)29-21(26-27-28-29)15-9-14(11-25-20(15)23)19-10-13-4-6-24-7-5-18(13)30-19/h2-3,8-11,24H,4-7H2,1H3,(H2,23,25). The van der Waals surface area contributed by atoms with Crippen molar-refractivity contribution in [3.63, 3.8) is 0 Å². The van der Waals surface area contributed by atoms with E-state index in [1.807, 2.05) is 48.7 Å². The van der Waals surface area contributed by atoms with Crippen LogP contribution in [0.15, 0.2) is 36.5 Å². The van der Waals surface area contributed by atoms with Crippen molar-refractivity contribution in [1.29, 1.82) is 0 Å². The third-order valence-electron chi connectivity index (χ3n) is 5.24. The minimum absolute atomic E-state index is 0.375. The Morgan fingerprint density at radius 3 is 2.90 bits per heavy atom. The Morgan fingerprint density at radius 1 is 1.17 bits per heavy atom. The average Bonchev–Trinajstić information content (AvgIpc) is 3.31. The molecule has 0 spiro atoms. The number of thiophene rings is 1. The van der Waals surface area contributed by atoms with Crippen LogP contribution in [0, 0.1) is 6.92 Å². The summed E-state index contributed by atoms with van der Waals surface area (Å²) in [6, 6.07) is 10.0. The number of nitrogens with two attached hydrogens (primary N) is 1. The zero-order valence-corrected chi connectivity index (χ0v) is 18.0.